The zero-order valence-corrected chi connectivity index (χ0v) is 24.7. The molecule has 222 valence electrons. The van der Waals surface area contributed by atoms with Crippen LogP contribution in [-0.4, -0.2) is 92.4 Å². The van der Waals surface area contributed by atoms with Gasteiger partial charge in [-0.3, -0.25) is 24.3 Å². The van der Waals surface area contributed by atoms with E-state index in [1.165, 1.54) is 26.3 Å². The molecule has 0 atom stereocenters. The average Bonchev–Trinajstić information content (AvgIpc) is 3.31. The fraction of sp³-hybridized carbons (Fsp3) is 0.281. The Bertz CT molecular complexity index is 1580. The van der Waals surface area contributed by atoms with Gasteiger partial charge in [0.15, 0.2) is 0 Å². The van der Waals surface area contributed by atoms with Crippen molar-refractivity contribution < 1.29 is 23.9 Å². The topological polar surface area (TPSA) is 115 Å². The first-order valence-corrected chi connectivity index (χ1v) is 14.0. The number of amides is 3. The van der Waals surface area contributed by atoms with Gasteiger partial charge in [0.2, 0.25) is 11.8 Å². The van der Waals surface area contributed by atoms with Crippen molar-refractivity contribution in [2.24, 2.45) is 0 Å². The summed E-state index contributed by atoms with van der Waals surface area (Å²) in [6, 6.07) is 18.0. The maximum atomic E-state index is 13.8. The van der Waals surface area contributed by atoms with Gasteiger partial charge >= 0.3 is 5.97 Å². The highest BCUT2D eigenvalue weighted by molar-refractivity contribution is 6.43. The van der Waals surface area contributed by atoms with Gasteiger partial charge in [-0.2, -0.15) is 0 Å². The van der Waals surface area contributed by atoms with E-state index in [1.54, 1.807) is 11.9 Å². The average molecular weight is 583 g/mol. The van der Waals surface area contributed by atoms with E-state index in [9.17, 15) is 19.2 Å². The first kappa shape index (κ1) is 29.6. The lowest BCUT2D eigenvalue weighted by atomic mass is 10.0. The number of nitrogens with zero attached hydrogens (tertiary/aromatic N) is 5. The molecular weight excluding hydrogens is 548 g/mol. The van der Waals surface area contributed by atoms with Crippen molar-refractivity contribution in [3.63, 3.8) is 0 Å². The number of piperazine rings is 1. The highest BCUT2D eigenvalue weighted by Gasteiger charge is 2.39. The van der Waals surface area contributed by atoms with Crippen LogP contribution in [0.3, 0.4) is 0 Å². The van der Waals surface area contributed by atoms with E-state index in [4.69, 9.17) is 4.74 Å². The molecule has 0 radical (unpaired) electrons. The molecule has 1 saturated heterocycles. The molecular formula is C32H34N6O5. The van der Waals surface area contributed by atoms with Gasteiger partial charge in [-0.15, -0.1) is 0 Å². The molecule has 11 nitrogen and oxygen atoms in total. The molecule has 0 spiro atoms. The maximum Gasteiger partial charge on any atom is 0.339 e. The Hall–Kier alpha value is -4.87. The second-order valence-corrected chi connectivity index (χ2v) is 10.6. The molecule has 1 fully saturated rings. The van der Waals surface area contributed by atoms with Gasteiger partial charge in [-0.1, -0.05) is 30.3 Å². The van der Waals surface area contributed by atoms with Crippen molar-refractivity contribution >= 4 is 52.0 Å². The molecule has 43 heavy (non-hydrogen) atoms. The van der Waals surface area contributed by atoms with Crippen LogP contribution in [0.15, 0.2) is 66.9 Å². The number of benzene rings is 2. The second kappa shape index (κ2) is 12.6. The van der Waals surface area contributed by atoms with Crippen molar-refractivity contribution in [2.45, 2.75) is 6.92 Å². The molecule has 0 bridgehead atoms. The Labute approximate surface area is 250 Å². The largest absolute Gasteiger partial charge is 0.465 e. The number of esters is 1. The molecule has 1 aromatic heterocycles. The number of aromatic nitrogens is 1. The van der Waals surface area contributed by atoms with E-state index < -0.39 is 17.8 Å². The van der Waals surface area contributed by atoms with Crippen LogP contribution in [0, 0.1) is 0 Å². The summed E-state index contributed by atoms with van der Waals surface area (Å²) in [4.78, 5) is 63.0. The number of carbonyl (C=O) groups is 4. The SMILES string of the molecule is COC(=O)c1cnc2c(c1)N(C(C)=O)C(=O)C2=C(Nc1ccc(N(C)C(=O)CN2CCN(C)CC2)cc1)c1ccccc1. The van der Waals surface area contributed by atoms with Crippen molar-refractivity contribution in [3.05, 3.63) is 83.7 Å². The molecule has 11 heteroatoms. The van der Waals surface area contributed by atoms with Crippen LogP contribution < -0.4 is 15.1 Å². The number of anilines is 3. The summed E-state index contributed by atoms with van der Waals surface area (Å²) in [5.41, 5.74) is 3.34. The van der Waals surface area contributed by atoms with Crippen molar-refractivity contribution in [1.29, 1.82) is 0 Å². The number of likely N-dealkylation sites (N-methyl/N-ethyl adjacent to an activating group) is 2. The van der Waals surface area contributed by atoms with Crippen LogP contribution in [0.2, 0.25) is 0 Å². The molecule has 3 aromatic rings. The molecule has 1 N–H and O–H groups in total. The van der Waals surface area contributed by atoms with Crippen LogP contribution in [-0.2, 0) is 19.1 Å². The number of imide groups is 1. The van der Waals surface area contributed by atoms with E-state index in [2.05, 4.69) is 27.1 Å². The predicted octanol–water partition coefficient (Wildman–Crippen LogP) is 2.95. The van der Waals surface area contributed by atoms with Gasteiger partial charge in [0.25, 0.3) is 5.91 Å². The normalized spacial score (nSPS) is 16.5. The number of carbonyl (C=O) groups excluding carboxylic acids is 4. The fourth-order valence-corrected chi connectivity index (χ4v) is 5.15. The predicted molar refractivity (Wildman–Crippen MR) is 164 cm³/mol. The van der Waals surface area contributed by atoms with Gasteiger partial charge < -0.3 is 19.9 Å². The summed E-state index contributed by atoms with van der Waals surface area (Å²) in [5, 5.41) is 3.35. The lowest BCUT2D eigenvalue weighted by molar-refractivity contribution is -0.122. The van der Waals surface area contributed by atoms with Gasteiger partial charge in [0.1, 0.15) is 5.69 Å². The number of pyridine rings is 1. The van der Waals surface area contributed by atoms with E-state index in [0.29, 0.717) is 23.5 Å². The second-order valence-electron chi connectivity index (χ2n) is 10.6. The van der Waals surface area contributed by atoms with Crippen molar-refractivity contribution in [2.75, 3.05) is 69.0 Å². The van der Waals surface area contributed by atoms with E-state index >= 15 is 0 Å². The fourth-order valence-electron chi connectivity index (χ4n) is 5.15. The lowest BCUT2D eigenvalue weighted by Crippen LogP contribution is -2.48. The molecule has 0 aliphatic carbocycles. The first-order chi connectivity index (χ1) is 20.7. The third-order valence-electron chi connectivity index (χ3n) is 7.66. The Morgan fingerprint density at radius 2 is 1.65 bits per heavy atom. The minimum Gasteiger partial charge on any atom is -0.465 e. The molecule has 5 rings (SSSR count). The molecule has 2 aliphatic heterocycles. The number of hydrogen-bond acceptors (Lipinski definition) is 9. The molecule has 0 unspecified atom stereocenters. The minimum atomic E-state index is -0.628. The van der Waals surface area contributed by atoms with E-state index in [0.717, 1.165) is 36.8 Å². The summed E-state index contributed by atoms with van der Waals surface area (Å²) in [5.74, 6) is -1.69. The van der Waals surface area contributed by atoms with E-state index in [1.807, 2.05) is 54.6 Å². The number of hydrogen-bond donors (Lipinski definition) is 1. The third kappa shape index (κ3) is 6.18. The van der Waals surface area contributed by atoms with Gasteiger partial charge in [0, 0.05) is 57.7 Å². The zero-order chi connectivity index (χ0) is 30.7. The summed E-state index contributed by atoms with van der Waals surface area (Å²) in [7, 11) is 5.09. The van der Waals surface area contributed by atoms with Gasteiger partial charge in [0.05, 0.1) is 36.2 Å². The monoisotopic (exact) mass is 582 g/mol. The highest BCUT2D eigenvalue weighted by Crippen LogP contribution is 2.40. The lowest BCUT2D eigenvalue weighted by Gasteiger charge is -2.32. The zero-order valence-electron chi connectivity index (χ0n) is 24.7. The Balaban J connectivity index is 1.47. The molecule has 3 amide bonds. The minimum absolute atomic E-state index is 0.00670. The number of fused-ring (bicyclic) bond motifs is 1. The summed E-state index contributed by atoms with van der Waals surface area (Å²) >= 11 is 0. The number of ether oxygens (including phenoxy) is 1. The van der Waals surface area contributed by atoms with Crippen LogP contribution >= 0.6 is 0 Å². The summed E-state index contributed by atoms with van der Waals surface area (Å²) in [6.07, 6.45) is 1.33. The molecule has 2 aromatic carbocycles. The maximum absolute atomic E-state index is 13.8. The molecule has 3 heterocycles. The Morgan fingerprint density at radius 3 is 2.28 bits per heavy atom. The van der Waals surface area contributed by atoms with E-state index in [-0.39, 0.29) is 28.4 Å². The first-order valence-electron chi connectivity index (χ1n) is 14.0. The number of rotatable bonds is 7. The number of methoxy groups -OCH3 is 1. The molecule has 0 saturated carbocycles. The quantitative estimate of drug-likeness (QED) is 0.332. The van der Waals surface area contributed by atoms with Gasteiger partial charge in [-0.25, -0.2) is 9.69 Å². The summed E-state index contributed by atoms with van der Waals surface area (Å²) < 4.78 is 4.80. The van der Waals surface area contributed by atoms with Crippen LogP contribution in [0.1, 0.15) is 28.5 Å². The van der Waals surface area contributed by atoms with Gasteiger partial charge in [-0.05, 0) is 42.9 Å². The standard InChI is InChI=1S/C32H34N6O5/c1-21(39)38-26-18-23(32(42)43-4)19-33-30(26)28(31(38)41)29(22-8-6-5-7-9-22)34-24-10-12-25(13-11-24)36(3)27(40)20-37-16-14-35(2)15-17-37/h5-13,18-19,34H,14-17,20H2,1-4H3. The van der Waals surface area contributed by atoms with Crippen LogP contribution in [0.4, 0.5) is 17.1 Å². The third-order valence-corrected chi connectivity index (χ3v) is 7.66. The highest BCUT2D eigenvalue weighted by atomic mass is 16.5. The van der Waals surface area contributed by atoms with Crippen LogP contribution in [0.25, 0.3) is 11.3 Å². The summed E-state index contributed by atoms with van der Waals surface area (Å²) in [6.45, 7) is 5.24. The number of nitrogens with one attached hydrogen (secondary N) is 1. The Kier molecular flexibility index (Phi) is 8.65. The van der Waals surface area contributed by atoms with Crippen LogP contribution in [0.5, 0.6) is 0 Å². The molecule has 2 aliphatic rings. The Morgan fingerprint density at radius 1 is 0.977 bits per heavy atom. The smallest absolute Gasteiger partial charge is 0.339 e. The van der Waals surface area contributed by atoms with Crippen molar-refractivity contribution in [1.82, 2.24) is 14.8 Å². The van der Waals surface area contributed by atoms with Crippen molar-refractivity contribution in [3.8, 4) is 0 Å².